The second kappa shape index (κ2) is 19.0. The van der Waals surface area contributed by atoms with Crippen LogP contribution in [-0.2, 0) is 0 Å². The minimum Gasteiger partial charge on any atom is -0.341 e. The Bertz CT molecular complexity index is 4340. The predicted molar refractivity (Wildman–Crippen MR) is 344 cm³/mol. The van der Waals surface area contributed by atoms with E-state index < -0.39 is 0 Å². The van der Waals surface area contributed by atoms with Crippen molar-refractivity contribution < 1.29 is 0 Å². The number of hydrogen-bond donors (Lipinski definition) is 0. The van der Waals surface area contributed by atoms with Crippen LogP contribution in [-0.4, -0.2) is 29.0 Å². The SMILES string of the molecule is CN1c2ccccc2N(c2cc(N3c4ccccc4N(C)c4ccccc43)c(-c3ccc(-c4nc5ccccc5s4)cc3)c(-c3ccc(-c4nc5ccccc5s4)cc3)c2-c2ccc(-c3nc4ccccc4s3)cc2)c2ccccc21. The van der Waals surface area contributed by atoms with Gasteiger partial charge in [0.15, 0.2) is 0 Å². The average Bonchev–Trinajstić information content (AvgIpc) is 4.47. The van der Waals surface area contributed by atoms with Gasteiger partial charge in [-0.1, -0.05) is 158 Å². The summed E-state index contributed by atoms with van der Waals surface area (Å²) in [6.07, 6.45) is 0. The van der Waals surface area contributed by atoms with Gasteiger partial charge in [0.2, 0.25) is 0 Å². The lowest BCUT2D eigenvalue weighted by molar-refractivity contribution is 1.12. The summed E-state index contributed by atoms with van der Waals surface area (Å²) < 4.78 is 3.51. The number of hydrogen-bond acceptors (Lipinski definition) is 10. The summed E-state index contributed by atoms with van der Waals surface area (Å²) in [6.45, 7) is 0. The predicted octanol–water partition coefficient (Wildman–Crippen LogP) is 20.6. The molecule has 11 aromatic carbocycles. The summed E-state index contributed by atoms with van der Waals surface area (Å²) in [6, 6.07) is 90.4. The highest BCUT2D eigenvalue weighted by atomic mass is 32.1. The van der Waals surface area contributed by atoms with Gasteiger partial charge < -0.3 is 19.6 Å². The van der Waals surface area contributed by atoms with Crippen LogP contribution in [0.25, 0.3) is 95.7 Å². The minimum absolute atomic E-state index is 0.991. The lowest BCUT2D eigenvalue weighted by Gasteiger charge is -2.42. The summed E-state index contributed by atoms with van der Waals surface area (Å²) in [7, 11) is 4.36. The summed E-state index contributed by atoms with van der Waals surface area (Å²) >= 11 is 5.19. The molecule has 0 atom stereocenters. The Balaban J connectivity index is 1.04. The van der Waals surface area contributed by atoms with Crippen molar-refractivity contribution in [3.63, 3.8) is 0 Å². The molecule has 0 amide bonds. The van der Waals surface area contributed by atoms with Crippen LogP contribution in [0.4, 0.5) is 56.9 Å². The molecule has 0 spiro atoms. The first-order chi connectivity index (χ1) is 40.0. The summed E-state index contributed by atoms with van der Waals surface area (Å²) in [4.78, 5) is 25.1. The van der Waals surface area contributed by atoms with Crippen LogP contribution in [0.2, 0.25) is 0 Å². The van der Waals surface area contributed by atoms with E-state index in [0.717, 1.165) is 139 Å². The number of fused-ring (bicyclic) bond motifs is 7. The topological polar surface area (TPSA) is 51.6 Å². The summed E-state index contributed by atoms with van der Waals surface area (Å²) in [5.74, 6) is 0. The lowest BCUT2D eigenvalue weighted by atomic mass is 9.83. The molecular weight excluding hydrogens is 1050 g/mol. The molecule has 0 N–H and O–H groups in total. The third kappa shape index (κ3) is 7.78. The molecule has 3 aromatic heterocycles. The quantitative estimate of drug-likeness (QED) is 0.150. The maximum Gasteiger partial charge on any atom is 0.124 e. The van der Waals surface area contributed by atoms with Crippen LogP contribution in [0.5, 0.6) is 0 Å². The highest BCUT2D eigenvalue weighted by Gasteiger charge is 2.36. The van der Waals surface area contributed by atoms with Crippen molar-refractivity contribution in [2.24, 2.45) is 0 Å². The highest BCUT2D eigenvalue weighted by Crippen LogP contribution is 2.61. The highest BCUT2D eigenvalue weighted by molar-refractivity contribution is 7.22. The number of para-hydroxylation sites is 11. The van der Waals surface area contributed by atoms with E-state index in [2.05, 4.69) is 282 Å². The maximum atomic E-state index is 5.15. The first-order valence-electron chi connectivity index (χ1n) is 27.0. The minimum atomic E-state index is 0.991. The van der Waals surface area contributed by atoms with Crippen LogP contribution in [0.3, 0.4) is 0 Å². The molecular formula is C71H47N7S3. The Morgan fingerprint density at radius 3 is 0.790 bits per heavy atom. The molecule has 384 valence electrons. The molecule has 5 heterocycles. The Hall–Kier alpha value is -9.71. The van der Waals surface area contributed by atoms with E-state index in [1.54, 1.807) is 34.0 Å². The molecule has 0 fully saturated rings. The molecule has 2 aliphatic heterocycles. The van der Waals surface area contributed by atoms with Gasteiger partial charge in [-0.05, 0) is 108 Å². The van der Waals surface area contributed by atoms with Gasteiger partial charge in [-0.3, -0.25) is 0 Å². The van der Waals surface area contributed by atoms with Crippen LogP contribution < -0.4 is 19.6 Å². The molecule has 14 aromatic rings. The van der Waals surface area contributed by atoms with E-state index in [4.69, 9.17) is 15.0 Å². The van der Waals surface area contributed by atoms with Crippen LogP contribution in [0.1, 0.15) is 0 Å². The van der Waals surface area contributed by atoms with Crippen molar-refractivity contribution in [2.45, 2.75) is 0 Å². The molecule has 0 bridgehead atoms. The van der Waals surface area contributed by atoms with Gasteiger partial charge >= 0.3 is 0 Å². The Kier molecular flexibility index (Phi) is 11.1. The molecule has 16 rings (SSSR count). The summed E-state index contributed by atoms with van der Waals surface area (Å²) in [5, 5.41) is 2.98. The second-order valence-corrected chi connectivity index (χ2v) is 23.6. The first kappa shape index (κ1) is 47.3. The number of aromatic nitrogens is 3. The normalized spacial score (nSPS) is 12.7. The average molecular weight is 1090 g/mol. The third-order valence-corrected chi connectivity index (χ3v) is 19.1. The zero-order chi connectivity index (χ0) is 53.7. The van der Waals surface area contributed by atoms with Crippen LogP contribution >= 0.6 is 34.0 Å². The lowest BCUT2D eigenvalue weighted by Crippen LogP contribution is -2.26. The van der Waals surface area contributed by atoms with E-state index in [1.807, 2.05) is 0 Å². The van der Waals surface area contributed by atoms with E-state index in [1.165, 1.54) is 14.1 Å². The second-order valence-electron chi connectivity index (χ2n) is 20.5. The molecule has 0 saturated heterocycles. The molecule has 10 heteroatoms. The zero-order valence-electron chi connectivity index (χ0n) is 44.0. The Morgan fingerprint density at radius 2 is 0.494 bits per heavy atom. The fourth-order valence-electron chi connectivity index (χ4n) is 12.0. The van der Waals surface area contributed by atoms with Crippen molar-refractivity contribution >= 4 is 122 Å². The molecule has 0 radical (unpaired) electrons. The van der Waals surface area contributed by atoms with Crippen molar-refractivity contribution in [1.82, 2.24) is 15.0 Å². The number of rotatable bonds is 8. The van der Waals surface area contributed by atoms with Gasteiger partial charge in [-0.15, -0.1) is 34.0 Å². The monoisotopic (exact) mass is 1090 g/mol. The van der Waals surface area contributed by atoms with Gasteiger partial charge in [0.05, 0.1) is 87.5 Å². The number of thiazole rings is 3. The first-order valence-corrected chi connectivity index (χ1v) is 29.5. The maximum absolute atomic E-state index is 5.15. The van der Waals surface area contributed by atoms with Gasteiger partial charge in [0, 0.05) is 47.5 Å². The molecule has 0 unspecified atom stereocenters. The van der Waals surface area contributed by atoms with E-state index in [-0.39, 0.29) is 0 Å². The fourth-order valence-corrected chi connectivity index (χ4v) is 14.9. The Morgan fingerprint density at radius 1 is 0.247 bits per heavy atom. The van der Waals surface area contributed by atoms with E-state index >= 15 is 0 Å². The van der Waals surface area contributed by atoms with Crippen molar-refractivity contribution in [3.8, 4) is 65.1 Å². The third-order valence-electron chi connectivity index (χ3n) is 15.8. The van der Waals surface area contributed by atoms with Crippen LogP contribution in [0.15, 0.2) is 249 Å². The largest absolute Gasteiger partial charge is 0.341 e. The fraction of sp³-hybridized carbons (Fsp3) is 0.0282. The van der Waals surface area contributed by atoms with Crippen LogP contribution in [0, 0.1) is 0 Å². The van der Waals surface area contributed by atoms with E-state index in [0.29, 0.717) is 0 Å². The number of anilines is 10. The van der Waals surface area contributed by atoms with Gasteiger partial charge in [-0.25, -0.2) is 15.0 Å². The Labute approximate surface area is 480 Å². The van der Waals surface area contributed by atoms with Crippen molar-refractivity contribution in [2.75, 3.05) is 33.7 Å². The molecule has 7 nitrogen and oxygen atoms in total. The van der Waals surface area contributed by atoms with Gasteiger partial charge in [-0.2, -0.15) is 0 Å². The smallest absolute Gasteiger partial charge is 0.124 e. The van der Waals surface area contributed by atoms with Gasteiger partial charge in [0.25, 0.3) is 0 Å². The summed E-state index contributed by atoms with van der Waals surface area (Å²) in [5.41, 5.74) is 23.6. The molecule has 0 saturated carbocycles. The molecule has 2 aliphatic rings. The number of benzene rings is 11. The zero-order valence-corrected chi connectivity index (χ0v) is 46.5. The number of nitrogens with zero attached hydrogens (tertiary/aromatic N) is 7. The molecule has 81 heavy (non-hydrogen) atoms. The standard InChI is InChI=1S/C71H47N7S3/c1-75-53-20-6-10-24-57(53)77(58-25-11-7-21-54(58)75)61-43-62(78-59-26-12-8-22-55(59)76(2)56-23-9-13-27-60(56)78)67(45-33-39-48(40-34-45)70-73-51-18-4-15-29-64(51)80-70)68(46-35-41-49(42-36-46)71-74-52-19-5-16-30-65(52)81-71)66(61)44-31-37-47(38-32-44)69-72-50-17-3-14-28-63(50)79-69/h3-43H,1-2H3. The molecule has 0 aliphatic carbocycles. The van der Waals surface area contributed by atoms with E-state index in [9.17, 15) is 0 Å². The van der Waals surface area contributed by atoms with Crippen molar-refractivity contribution in [3.05, 3.63) is 249 Å². The van der Waals surface area contributed by atoms with Crippen molar-refractivity contribution in [1.29, 1.82) is 0 Å². The van der Waals surface area contributed by atoms with Gasteiger partial charge in [0.1, 0.15) is 15.0 Å².